The third-order valence-electron chi connectivity index (χ3n) is 3.11. The molecule has 1 aliphatic heterocycles. The molecule has 0 amide bonds. The van der Waals surface area contributed by atoms with E-state index >= 15 is 0 Å². The second kappa shape index (κ2) is 5.13. The topological polar surface area (TPSA) is 38.0 Å². The Bertz CT molecular complexity index is 364. The molecule has 1 saturated heterocycles. The van der Waals surface area contributed by atoms with E-state index in [9.17, 15) is 4.39 Å². The summed E-state index contributed by atoms with van der Waals surface area (Å²) in [7, 11) is 0. The van der Waals surface area contributed by atoms with Gasteiger partial charge in [0.25, 0.3) is 0 Å². The SMILES string of the molecule is NC(CC1CCNC1)c1cc(Cl)ccc1F. The van der Waals surface area contributed by atoms with Gasteiger partial charge in [-0.3, -0.25) is 0 Å². The molecule has 2 nitrogen and oxygen atoms in total. The van der Waals surface area contributed by atoms with E-state index in [0.717, 1.165) is 25.9 Å². The van der Waals surface area contributed by atoms with Crippen molar-refractivity contribution in [2.45, 2.75) is 18.9 Å². The van der Waals surface area contributed by atoms with Gasteiger partial charge in [0.1, 0.15) is 5.82 Å². The molecular formula is C12H16ClFN2. The van der Waals surface area contributed by atoms with Crippen LogP contribution in [-0.2, 0) is 0 Å². The van der Waals surface area contributed by atoms with Crippen molar-refractivity contribution in [3.05, 3.63) is 34.6 Å². The third-order valence-corrected chi connectivity index (χ3v) is 3.34. The van der Waals surface area contributed by atoms with Gasteiger partial charge >= 0.3 is 0 Å². The summed E-state index contributed by atoms with van der Waals surface area (Å²) in [5, 5.41) is 3.82. The fourth-order valence-corrected chi connectivity index (χ4v) is 2.38. The zero-order chi connectivity index (χ0) is 11.5. The molecule has 1 heterocycles. The number of hydrogen-bond acceptors (Lipinski definition) is 2. The summed E-state index contributed by atoms with van der Waals surface area (Å²) in [5.41, 5.74) is 6.55. The van der Waals surface area contributed by atoms with Crippen molar-refractivity contribution in [1.82, 2.24) is 5.32 Å². The van der Waals surface area contributed by atoms with E-state index < -0.39 is 0 Å². The van der Waals surface area contributed by atoms with Gasteiger partial charge in [-0.25, -0.2) is 4.39 Å². The molecule has 16 heavy (non-hydrogen) atoms. The summed E-state index contributed by atoms with van der Waals surface area (Å²) in [6, 6.07) is 4.29. The molecule has 2 rings (SSSR count). The zero-order valence-electron chi connectivity index (χ0n) is 9.05. The van der Waals surface area contributed by atoms with Gasteiger partial charge in [0.2, 0.25) is 0 Å². The van der Waals surface area contributed by atoms with Crippen LogP contribution < -0.4 is 11.1 Å². The third kappa shape index (κ3) is 2.73. The van der Waals surface area contributed by atoms with Crippen LogP contribution in [0.1, 0.15) is 24.4 Å². The number of halogens is 2. The Kier molecular flexibility index (Phi) is 3.79. The maximum atomic E-state index is 13.5. The van der Waals surface area contributed by atoms with Crippen molar-refractivity contribution in [3.8, 4) is 0 Å². The first kappa shape index (κ1) is 11.8. The van der Waals surface area contributed by atoms with Crippen LogP contribution in [0.3, 0.4) is 0 Å². The largest absolute Gasteiger partial charge is 0.324 e. The van der Waals surface area contributed by atoms with Crippen molar-refractivity contribution in [2.24, 2.45) is 11.7 Å². The summed E-state index contributed by atoms with van der Waals surface area (Å²) < 4.78 is 13.5. The standard InChI is InChI=1S/C12H16ClFN2/c13-9-1-2-11(14)10(6-9)12(15)5-8-3-4-16-7-8/h1-2,6,8,12,16H,3-5,7,15H2. The van der Waals surface area contributed by atoms with E-state index in [-0.39, 0.29) is 11.9 Å². The number of rotatable bonds is 3. The van der Waals surface area contributed by atoms with Gasteiger partial charge in [0, 0.05) is 16.6 Å². The summed E-state index contributed by atoms with van der Waals surface area (Å²) >= 11 is 5.84. The molecule has 2 atom stereocenters. The highest BCUT2D eigenvalue weighted by atomic mass is 35.5. The first-order valence-electron chi connectivity index (χ1n) is 5.58. The molecular weight excluding hydrogens is 227 g/mol. The summed E-state index contributed by atoms with van der Waals surface area (Å²) in [6.45, 7) is 2.02. The molecule has 1 aromatic carbocycles. The van der Waals surface area contributed by atoms with Gasteiger partial charge in [-0.1, -0.05) is 11.6 Å². The molecule has 0 bridgehead atoms. The minimum absolute atomic E-state index is 0.261. The van der Waals surface area contributed by atoms with E-state index in [1.54, 1.807) is 12.1 Å². The van der Waals surface area contributed by atoms with Crippen molar-refractivity contribution in [3.63, 3.8) is 0 Å². The van der Waals surface area contributed by atoms with Crippen molar-refractivity contribution in [2.75, 3.05) is 13.1 Å². The van der Waals surface area contributed by atoms with E-state index in [1.165, 1.54) is 6.07 Å². The highest BCUT2D eigenvalue weighted by molar-refractivity contribution is 6.30. The second-order valence-corrected chi connectivity index (χ2v) is 4.80. The molecule has 0 spiro atoms. The van der Waals surface area contributed by atoms with Crippen LogP contribution in [0.4, 0.5) is 4.39 Å². The van der Waals surface area contributed by atoms with Crippen LogP contribution in [0.2, 0.25) is 5.02 Å². The Balaban J connectivity index is 2.07. The smallest absolute Gasteiger partial charge is 0.128 e. The lowest BCUT2D eigenvalue weighted by Crippen LogP contribution is -2.18. The maximum Gasteiger partial charge on any atom is 0.128 e. The van der Waals surface area contributed by atoms with Crippen molar-refractivity contribution < 1.29 is 4.39 Å². The average molecular weight is 243 g/mol. The van der Waals surface area contributed by atoms with Gasteiger partial charge in [-0.05, 0) is 50.0 Å². The van der Waals surface area contributed by atoms with Crippen LogP contribution in [0, 0.1) is 11.7 Å². The van der Waals surface area contributed by atoms with E-state index in [2.05, 4.69) is 5.32 Å². The highest BCUT2D eigenvalue weighted by Gasteiger charge is 2.20. The lowest BCUT2D eigenvalue weighted by atomic mass is 9.94. The predicted octanol–water partition coefficient (Wildman–Crippen LogP) is 2.48. The first-order valence-corrected chi connectivity index (χ1v) is 5.96. The molecule has 0 radical (unpaired) electrons. The first-order chi connectivity index (χ1) is 7.66. The van der Waals surface area contributed by atoms with E-state index in [1.807, 2.05) is 0 Å². The Morgan fingerprint density at radius 1 is 1.56 bits per heavy atom. The number of nitrogens with one attached hydrogen (secondary N) is 1. The van der Waals surface area contributed by atoms with Crippen LogP contribution >= 0.6 is 11.6 Å². The maximum absolute atomic E-state index is 13.5. The molecule has 0 aromatic heterocycles. The Hall–Kier alpha value is -0.640. The minimum Gasteiger partial charge on any atom is -0.324 e. The number of nitrogens with two attached hydrogens (primary N) is 1. The summed E-state index contributed by atoms with van der Waals surface area (Å²) in [5.74, 6) is 0.288. The van der Waals surface area contributed by atoms with Crippen molar-refractivity contribution >= 4 is 11.6 Å². The summed E-state index contributed by atoms with van der Waals surface area (Å²) in [4.78, 5) is 0. The number of benzene rings is 1. The molecule has 0 aliphatic carbocycles. The molecule has 1 aliphatic rings. The fourth-order valence-electron chi connectivity index (χ4n) is 2.20. The van der Waals surface area contributed by atoms with Crippen LogP contribution in [0.15, 0.2) is 18.2 Å². The van der Waals surface area contributed by atoms with Crippen LogP contribution in [-0.4, -0.2) is 13.1 Å². The predicted molar refractivity (Wildman–Crippen MR) is 63.9 cm³/mol. The number of hydrogen-bond donors (Lipinski definition) is 2. The van der Waals surface area contributed by atoms with E-state index in [0.29, 0.717) is 16.5 Å². The molecule has 1 aromatic rings. The average Bonchev–Trinajstić information content (AvgIpc) is 2.74. The Labute approximate surface area is 100.0 Å². The van der Waals surface area contributed by atoms with Gasteiger partial charge < -0.3 is 11.1 Å². The summed E-state index contributed by atoms with van der Waals surface area (Å²) in [6.07, 6.45) is 1.93. The second-order valence-electron chi connectivity index (χ2n) is 4.37. The molecule has 4 heteroatoms. The Morgan fingerprint density at radius 2 is 2.38 bits per heavy atom. The Morgan fingerprint density at radius 3 is 3.06 bits per heavy atom. The fraction of sp³-hybridized carbons (Fsp3) is 0.500. The van der Waals surface area contributed by atoms with Gasteiger partial charge in [-0.2, -0.15) is 0 Å². The lowest BCUT2D eigenvalue weighted by Gasteiger charge is -2.17. The minimum atomic E-state index is -0.261. The lowest BCUT2D eigenvalue weighted by molar-refractivity contribution is 0.459. The van der Waals surface area contributed by atoms with Gasteiger partial charge in [0.05, 0.1) is 0 Å². The molecule has 88 valence electrons. The molecule has 0 saturated carbocycles. The molecule has 1 fully saturated rings. The zero-order valence-corrected chi connectivity index (χ0v) is 9.80. The quantitative estimate of drug-likeness (QED) is 0.855. The normalized spacial score (nSPS) is 22.3. The molecule has 3 N–H and O–H groups in total. The highest BCUT2D eigenvalue weighted by Crippen LogP contribution is 2.26. The van der Waals surface area contributed by atoms with E-state index in [4.69, 9.17) is 17.3 Å². The molecule has 2 unspecified atom stereocenters. The van der Waals surface area contributed by atoms with Crippen LogP contribution in [0.5, 0.6) is 0 Å². The van der Waals surface area contributed by atoms with Gasteiger partial charge in [0.15, 0.2) is 0 Å². The van der Waals surface area contributed by atoms with Gasteiger partial charge in [-0.15, -0.1) is 0 Å². The van der Waals surface area contributed by atoms with Crippen molar-refractivity contribution in [1.29, 1.82) is 0 Å². The monoisotopic (exact) mass is 242 g/mol. The van der Waals surface area contributed by atoms with Crippen LogP contribution in [0.25, 0.3) is 0 Å².